The summed E-state index contributed by atoms with van der Waals surface area (Å²) in [7, 11) is 1.94. The molecule has 0 aromatic heterocycles. The van der Waals surface area contributed by atoms with Crippen LogP contribution in [0, 0.1) is 5.82 Å². The van der Waals surface area contributed by atoms with E-state index in [1.54, 1.807) is 12.1 Å². The molecule has 0 aliphatic carbocycles. The maximum atomic E-state index is 13.3. The molecule has 1 aromatic carbocycles. The quantitative estimate of drug-likeness (QED) is 0.760. The number of benzene rings is 1. The number of hydrogen-bond acceptors (Lipinski definition) is 3. The first kappa shape index (κ1) is 16.3. The van der Waals surface area contributed by atoms with Crippen LogP contribution < -0.4 is 5.73 Å². The van der Waals surface area contributed by atoms with Crippen LogP contribution in [0.2, 0.25) is 0 Å². The van der Waals surface area contributed by atoms with Crippen molar-refractivity contribution in [3.05, 3.63) is 35.6 Å². The Morgan fingerprint density at radius 1 is 1.29 bits per heavy atom. The molecule has 0 saturated heterocycles. The van der Waals surface area contributed by atoms with Crippen LogP contribution >= 0.6 is 12.4 Å². The molecule has 98 valence electrons. The zero-order valence-corrected chi connectivity index (χ0v) is 10.9. The Bertz CT molecular complexity index is 312. The molecule has 5 heteroatoms. The molecule has 0 aliphatic rings. The van der Waals surface area contributed by atoms with Gasteiger partial charge in [0.2, 0.25) is 0 Å². The first-order valence-electron chi connectivity index (χ1n) is 5.44. The van der Waals surface area contributed by atoms with Gasteiger partial charge in [-0.2, -0.15) is 0 Å². The fraction of sp³-hybridized carbons (Fsp3) is 0.500. The van der Waals surface area contributed by atoms with E-state index in [0.717, 1.165) is 6.54 Å². The van der Waals surface area contributed by atoms with Gasteiger partial charge in [-0.05, 0) is 13.1 Å². The lowest BCUT2D eigenvalue weighted by Gasteiger charge is -2.16. The van der Waals surface area contributed by atoms with Gasteiger partial charge in [-0.1, -0.05) is 18.2 Å². The summed E-state index contributed by atoms with van der Waals surface area (Å²) in [6.07, 6.45) is 0. The Labute approximate surface area is 108 Å². The van der Waals surface area contributed by atoms with E-state index < -0.39 is 0 Å². The van der Waals surface area contributed by atoms with Crippen molar-refractivity contribution in [3.63, 3.8) is 0 Å². The van der Waals surface area contributed by atoms with Crippen LogP contribution in [0.4, 0.5) is 4.39 Å². The molecule has 0 heterocycles. The van der Waals surface area contributed by atoms with Gasteiger partial charge in [-0.25, -0.2) is 4.39 Å². The van der Waals surface area contributed by atoms with Gasteiger partial charge in [0.05, 0.1) is 13.2 Å². The normalized spacial score (nSPS) is 10.4. The molecule has 17 heavy (non-hydrogen) atoms. The third-order valence-corrected chi connectivity index (χ3v) is 2.28. The second-order valence-electron chi connectivity index (χ2n) is 3.73. The van der Waals surface area contributed by atoms with Crippen molar-refractivity contribution >= 4 is 12.4 Å². The van der Waals surface area contributed by atoms with Crippen LogP contribution in [0.15, 0.2) is 24.3 Å². The van der Waals surface area contributed by atoms with E-state index in [0.29, 0.717) is 31.9 Å². The number of nitrogens with zero attached hydrogens (tertiary/aromatic N) is 1. The van der Waals surface area contributed by atoms with E-state index in [1.807, 2.05) is 18.0 Å². The molecular weight excluding hydrogens is 243 g/mol. The minimum absolute atomic E-state index is 0. The maximum absolute atomic E-state index is 13.3. The Morgan fingerprint density at radius 3 is 2.65 bits per heavy atom. The first-order chi connectivity index (χ1) is 7.74. The van der Waals surface area contributed by atoms with Crippen molar-refractivity contribution in [1.82, 2.24) is 4.90 Å². The maximum Gasteiger partial charge on any atom is 0.127 e. The molecule has 0 fully saturated rings. The molecule has 0 atom stereocenters. The van der Waals surface area contributed by atoms with Crippen molar-refractivity contribution < 1.29 is 9.13 Å². The van der Waals surface area contributed by atoms with Crippen molar-refractivity contribution in [2.75, 3.05) is 33.4 Å². The molecule has 1 rings (SSSR count). The fourth-order valence-electron chi connectivity index (χ4n) is 1.40. The van der Waals surface area contributed by atoms with Crippen molar-refractivity contribution in [2.24, 2.45) is 5.73 Å². The molecule has 1 aromatic rings. The van der Waals surface area contributed by atoms with E-state index in [4.69, 9.17) is 10.5 Å². The van der Waals surface area contributed by atoms with E-state index in [2.05, 4.69) is 0 Å². The van der Waals surface area contributed by atoms with Crippen LogP contribution in [0.3, 0.4) is 0 Å². The van der Waals surface area contributed by atoms with Gasteiger partial charge in [-0.15, -0.1) is 12.4 Å². The fourth-order valence-corrected chi connectivity index (χ4v) is 1.40. The average Bonchev–Trinajstić information content (AvgIpc) is 2.28. The zero-order valence-electron chi connectivity index (χ0n) is 10.1. The summed E-state index contributed by atoms with van der Waals surface area (Å²) in [6, 6.07) is 6.82. The molecule has 0 bridgehead atoms. The minimum atomic E-state index is -0.155. The molecule has 0 amide bonds. The number of rotatable bonds is 7. The summed E-state index contributed by atoms with van der Waals surface area (Å²) in [6.45, 7) is 3.11. The smallest absolute Gasteiger partial charge is 0.127 e. The predicted octanol–water partition coefficient (Wildman–Crippen LogP) is 1.65. The van der Waals surface area contributed by atoms with Gasteiger partial charge in [0.15, 0.2) is 0 Å². The van der Waals surface area contributed by atoms with Gasteiger partial charge in [0, 0.05) is 25.2 Å². The Morgan fingerprint density at radius 2 is 2.00 bits per heavy atom. The Balaban J connectivity index is 0.00000256. The molecule has 0 saturated carbocycles. The number of hydrogen-bond donors (Lipinski definition) is 1. The minimum Gasteiger partial charge on any atom is -0.379 e. The van der Waals surface area contributed by atoms with Crippen LogP contribution in [0.5, 0.6) is 0 Å². The van der Waals surface area contributed by atoms with Gasteiger partial charge in [0.1, 0.15) is 5.82 Å². The van der Waals surface area contributed by atoms with E-state index in [-0.39, 0.29) is 18.2 Å². The molecule has 0 spiro atoms. The third kappa shape index (κ3) is 6.58. The Hall–Kier alpha value is -0.680. The standard InChI is InChI=1S/C12H19FN2O.ClH/c1-15(7-9-16-8-6-14)10-11-4-2-3-5-12(11)13;/h2-5H,6-10,14H2,1H3;1H. The third-order valence-electron chi connectivity index (χ3n) is 2.28. The second-order valence-corrected chi connectivity index (χ2v) is 3.73. The summed E-state index contributed by atoms with van der Waals surface area (Å²) >= 11 is 0. The van der Waals surface area contributed by atoms with E-state index in [1.165, 1.54) is 6.07 Å². The van der Waals surface area contributed by atoms with Gasteiger partial charge in [-0.3, -0.25) is 4.90 Å². The topological polar surface area (TPSA) is 38.5 Å². The highest BCUT2D eigenvalue weighted by atomic mass is 35.5. The highest BCUT2D eigenvalue weighted by molar-refractivity contribution is 5.85. The lowest BCUT2D eigenvalue weighted by Crippen LogP contribution is -2.24. The Kier molecular flexibility index (Phi) is 8.99. The highest BCUT2D eigenvalue weighted by Crippen LogP contribution is 2.08. The van der Waals surface area contributed by atoms with Gasteiger partial charge < -0.3 is 10.5 Å². The molecule has 0 aliphatic heterocycles. The van der Waals surface area contributed by atoms with Crippen molar-refractivity contribution in [2.45, 2.75) is 6.54 Å². The predicted molar refractivity (Wildman–Crippen MR) is 69.9 cm³/mol. The zero-order chi connectivity index (χ0) is 11.8. The number of halogens is 2. The summed E-state index contributed by atoms with van der Waals surface area (Å²) in [5.74, 6) is -0.155. The SMILES string of the molecule is CN(CCOCCN)Cc1ccccc1F.Cl. The monoisotopic (exact) mass is 262 g/mol. The second kappa shape index (κ2) is 9.36. The molecule has 3 nitrogen and oxygen atoms in total. The molecule has 0 radical (unpaired) electrons. The summed E-state index contributed by atoms with van der Waals surface area (Å²) in [5.41, 5.74) is 6.01. The van der Waals surface area contributed by atoms with Crippen LogP contribution in [0.25, 0.3) is 0 Å². The van der Waals surface area contributed by atoms with Crippen LogP contribution in [0.1, 0.15) is 5.56 Å². The van der Waals surface area contributed by atoms with E-state index in [9.17, 15) is 4.39 Å². The summed E-state index contributed by atoms with van der Waals surface area (Å²) in [4.78, 5) is 2.02. The van der Waals surface area contributed by atoms with Crippen LogP contribution in [-0.2, 0) is 11.3 Å². The van der Waals surface area contributed by atoms with Gasteiger partial charge >= 0.3 is 0 Å². The number of likely N-dealkylation sites (N-methyl/N-ethyl adjacent to an activating group) is 1. The van der Waals surface area contributed by atoms with Crippen LogP contribution in [-0.4, -0.2) is 38.3 Å². The summed E-state index contributed by atoms with van der Waals surface area (Å²) < 4.78 is 18.6. The lowest BCUT2D eigenvalue weighted by atomic mass is 10.2. The summed E-state index contributed by atoms with van der Waals surface area (Å²) in [5, 5.41) is 0. The first-order valence-corrected chi connectivity index (χ1v) is 5.44. The molecule has 2 N–H and O–H groups in total. The number of ether oxygens (including phenoxy) is 1. The van der Waals surface area contributed by atoms with E-state index >= 15 is 0 Å². The molecular formula is C12H20ClFN2O. The van der Waals surface area contributed by atoms with Gasteiger partial charge in [0.25, 0.3) is 0 Å². The average molecular weight is 263 g/mol. The molecule has 0 unspecified atom stereocenters. The number of nitrogens with two attached hydrogens (primary N) is 1. The highest BCUT2D eigenvalue weighted by Gasteiger charge is 2.04. The largest absolute Gasteiger partial charge is 0.379 e. The van der Waals surface area contributed by atoms with Crippen molar-refractivity contribution in [3.8, 4) is 0 Å². The van der Waals surface area contributed by atoms with Crippen molar-refractivity contribution in [1.29, 1.82) is 0 Å². The lowest BCUT2D eigenvalue weighted by molar-refractivity contribution is 0.115.